The van der Waals surface area contributed by atoms with E-state index in [-0.39, 0.29) is 6.10 Å². The smallest absolute Gasteiger partial charge is 0.411 e. The third-order valence-corrected chi connectivity index (χ3v) is 3.93. The number of nitrogens with one attached hydrogen (secondary N) is 1. The first-order valence-electron chi connectivity index (χ1n) is 6.79. The first-order valence-corrected chi connectivity index (χ1v) is 7.17. The van der Waals surface area contributed by atoms with Crippen LogP contribution in [-0.4, -0.2) is 12.2 Å². The lowest BCUT2D eigenvalue weighted by molar-refractivity contribution is 0.0724. The van der Waals surface area contributed by atoms with E-state index in [1.165, 1.54) is 6.42 Å². The number of rotatable bonds is 2. The fraction of sp³-hybridized carbons (Fsp3) is 0.533. The van der Waals surface area contributed by atoms with E-state index in [0.29, 0.717) is 16.6 Å². The Labute approximate surface area is 119 Å². The van der Waals surface area contributed by atoms with E-state index < -0.39 is 6.09 Å². The molecule has 104 valence electrons. The van der Waals surface area contributed by atoms with Crippen LogP contribution in [0.1, 0.15) is 38.2 Å². The van der Waals surface area contributed by atoms with Crippen LogP contribution in [0.25, 0.3) is 0 Å². The van der Waals surface area contributed by atoms with Crippen LogP contribution >= 0.6 is 11.6 Å². The molecule has 1 saturated carbocycles. The first kappa shape index (κ1) is 14.2. The van der Waals surface area contributed by atoms with E-state index in [1.807, 2.05) is 19.1 Å². The van der Waals surface area contributed by atoms with Gasteiger partial charge in [0.25, 0.3) is 0 Å². The minimum atomic E-state index is -0.407. The molecule has 1 aromatic rings. The summed E-state index contributed by atoms with van der Waals surface area (Å²) < 4.78 is 5.47. The maximum Gasteiger partial charge on any atom is 0.411 e. The third kappa shape index (κ3) is 3.87. The highest BCUT2D eigenvalue weighted by Crippen LogP contribution is 2.28. The summed E-state index contributed by atoms with van der Waals surface area (Å²) in [6, 6.07) is 5.52. The van der Waals surface area contributed by atoms with Gasteiger partial charge in [-0.25, -0.2) is 4.79 Å². The van der Waals surface area contributed by atoms with Crippen LogP contribution < -0.4 is 5.32 Å². The molecule has 2 rings (SSSR count). The van der Waals surface area contributed by atoms with Gasteiger partial charge in [0.15, 0.2) is 0 Å². The predicted molar refractivity (Wildman–Crippen MR) is 77.7 cm³/mol. The van der Waals surface area contributed by atoms with Crippen molar-refractivity contribution in [1.82, 2.24) is 0 Å². The van der Waals surface area contributed by atoms with Gasteiger partial charge in [0.2, 0.25) is 0 Å². The number of amides is 1. The highest BCUT2D eigenvalue weighted by atomic mass is 35.5. The van der Waals surface area contributed by atoms with Crippen molar-refractivity contribution in [1.29, 1.82) is 0 Å². The van der Waals surface area contributed by atoms with Gasteiger partial charge in [-0.2, -0.15) is 0 Å². The molecule has 2 atom stereocenters. The van der Waals surface area contributed by atoms with E-state index in [2.05, 4.69) is 12.2 Å². The van der Waals surface area contributed by atoms with Crippen molar-refractivity contribution >= 4 is 23.4 Å². The van der Waals surface area contributed by atoms with Gasteiger partial charge in [0, 0.05) is 0 Å². The number of hydrogen-bond donors (Lipinski definition) is 1. The maximum absolute atomic E-state index is 11.9. The van der Waals surface area contributed by atoms with Gasteiger partial charge in [-0.1, -0.05) is 37.1 Å². The van der Waals surface area contributed by atoms with Gasteiger partial charge in [-0.05, 0) is 43.7 Å². The number of hydrogen-bond acceptors (Lipinski definition) is 2. The Kier molecular flexibility index (Phi) is 4.70. The monoisotopic (exact) mass is 281 g/mol. The minimum Gasteiger partial charge on any atom is -0.446 e. The summed E-state index contributed by atoms with van der Waals surface area (Å²) in [5.41, 5.74) is 1.57. The molecule has 1 fully saturated rings. The van der Waals surface area contributed by atoms with E-state index in [9.17, 15) is 4.79 Å². The second-order valence-corrected chi connectivity index (χ2v) is 5.76. The number of carbonyl (C=O) groups excluding carboxylic acids is 1. The molecule has 0 bridgehead atoms. The Morgan fingerprint density at radius 3 is 2.89 bits per heavy atom. The number of anilines is 1. The molecule has 4 heteroatoms. The molecule has 0 saturated heterocycles. The summed E-state index contributed by atoms with van der Waals surface area (Å²) in [6.07, 6.45) is 3.89. The molecule has 3 nitrogen and oxygen atoms in total. The SMILES string of the molecule is Cc1cccc(Cl)c1NC(=O)O[C@@H]1CCC[C@H](C)C1. The zero-order valence-electron chi connectivity index (χ0n) is 11.4. The zero-order chi connectivity index (χ0) is 13.8. The normalized spacial score (nSPS) is 22.9. The molecular formula is C15H20ClNO2. The molecule has 0 radical (unpaired) electrons. The van der Waals surface area contributed by atoms with E-state index in [0.717, 1.165) is 24.8 Å². The van der Waals surface area contributed by atoms with Gasteiger partial charge >= 0.3 is 6.09 Å². The Hall–Kier alpha value is -1.22. The number of aryl methyl sites for hydroxylation is 1. The van der Waals surface area contributed by atoms with Crippen LogP contribution in [-0.2, 0) is 4.74 Å². The Morgan fingerprint density at radius 1 is 1.42 bits per heavy atom. The minimum absolute atomic E-state index is 0.0338. The van der Waals surface area contributed by atoms with Gasteiger partial charge in [0.1, 0.15) is 6.10 Å². The van der Waals surface area contributed by atoms with Crippen molar-refractivity contribution in [3.8, 4) is 0 Å². The van der Waals surface area contributed by atoms with Crippen LogP contribution in [0.2, 0.25) is 5.02 Å². The van der Waals surface area contributed by atoms with Gasteiger partial charge in [-0.15, -0.1) is 0 Å². The molecule has 1 aliphatic rings. The molecule has 0 unspecified atom stereocenters. The highest BCUT2D eigenvalue weighted by Gasteiger charge is 2.22. The van der Waals surface area contributed by atoms with Gasteiger partial charge in [-0.3, -0.25) is 5.32 Å². The summed E-state index contributed by atoms with van der Waals surface area (Å²) in [5.74, 6) is 0.633. The predicted octanol–water partition coefficient (Wildman–Crippen LogP) is 4.78. The van der Waals surface area contributed by atoms with Crippen LogP contribution in [0.15, 0.2) is 18.2 Å². The molecule has 0 aliphatic heterocycles. The molecular weight excluding hydrogens is 262 g/mol. The summed E-state index contributed by atoms with van der Waals surface area (Å²) >= 11 is 6.07. The molecule has 1 aromatic carbocycles. The molecule has 19 heavy (non-hydrogen) atoms. The third-order valence-electron chi connectivity index (χ3n) is 3.61. The van der Waals surface area contributed by atoms with Crippen LogP contribution in [0.3, 0.4) is 0 Å². The summed E-state index contributed by atoms with van der Waals surface area (Å²) in [7, 11) is 0. The van der Waals surface area contributed by atoms with Gasteiger partial charge in [0.05, 0.1) is 10.7 Å². The molecule has 1 N–H and O–H groups in total. The maximum atomic E-state index is 11.9. The highest BCUT2D eigenvalue weighted by molar-refractivity contribution is 6.33. The van der Waals surface area contributed by atoms with Crippen molar-refractivity contribution < 1.29 is 9.53 Å². The van der Waals surface area contributed by atoms with Crippen LogP contribution in [0.5, 0.6) is 0 Å². The van der Waals surface area contributed by atoms with Crippen molar-refractivity contribution in [3.05, 3.63) is 28.8 Å². The second kappa shape index (κ2) is 6.29. The van der Waals surface area contributed by atoms with E-state index in [4.69, 9.17) is 16.3 Å². The first-order chi connectivity index (χ1) is 9.06. The molecule has 1 amide bonds. The molecule has 1 aliphatic carbocycles. The average Bonchev–Trinajstić information content (AvgIpc) is 2.34. The Morgan fingerprint density at radius 2 is 2.21 bits per heavy atom. The van der Waals surface area contributed by atoms with Crippen molar-refractivity contribution in [2.45, 2.75) is 45.6 Å². The quantitative estimate of drug-likeness (QED) is 0.847. The second-order valence-electron chi connectivity index (χ2n) is 5.36. The lowest BCUT2D eigenvalue weighted by Gasteiger charge is -2.26. The molecule has 0 aromatic heterocycles. The van der Waals surface area contributed by atoms with Crippen LogP contribution in [0.4, 0.5) is 10.5 Å². The molecule has 0 heterocycles. The van der Waals surface area contributed by atoms with Crippen molar-refractivity contribution in [2.24, 2.45) is 5.92 Å². The van der Waals surface area contributed by atoms with Crippen LogP contribution in [0, 0.1) is 12.8 Å². The number of ether oxygens (including phenoxy) is 1. The van der Waals surface area contributed by atoms with E-state index in [1.54, 1.807) is 6.07 Å². The molecule has 0 spiro atoms. The number of halogens is 1. The lowest BCUT2D eigenvalue weighted by Crippen LogP contribution is -2.27. The summed E-state index contributed by atoms with van der Waals surface area (Å²) in [6.45, 7) is 4.11. The fourth-order valence-electron chi connectivity index (χ4n) is 2.56. The topological polar surface area (TPSA) is 38.3 Å². The van der Waals surface area contributed by atoms with E-state index >= 15 is 0 Å². The van der Waals surface area contributed by atoms with Crippen molar-refractivity contribution in [3.63, 3.8) is 0 Å². The van der Waals surface area contributed by atoms with Gasteiger partial charge < -0.3 is 4.74 Å². The zero-order valence-corrected chi connectivity index (χ0v) is 12.2. The number of benzene rings is 1. The standard InChI is InChI=1S/C15H20ClNO2/c1-10-5-3-7-12(9-10)19-15(18)17-14-11(2)6-4-8-13(14)16/h4,6,8,10,12H,3,5,7,9H2,1-2H3,(H,17,18)/t10-,12+/m0/s1. The van der Waals surface area contributed by atoms with Crippen molar-refractivity contribution in [2.75, 3.05) is 5.32 Å². The Balaban J connectivity index is 1.94. The number of carbonyl (C=O) groups is 1. The fourth-order valence-corrected chi connectivity index (χ4v) is 2.83. The lowest BCUT2D eigenvalue weighted by atomic mass is 9.89. The number of para-hydroxylation sites is 1. The summed E-state index contributed by atoms with van der Waals surface area (Å²) in [5, 5.41) is 3.28. The Bertz CT molecular complexity index is 441. The summed E-state index contributed by atoms with van der Waals surface area (Å²) in [4.78, 5) is 11.9. The largest absolute Gasteiger partial charge is 0.446 e. The average molecular weight is 282 g/mol.